The zero-order valence-electron chi connectivity index (χ0n) is 12.1. The van der Waals surface area contributed by atoms with Crippen molar-refractivity contribution in [3.05, 3.63) is 68.3 Å². The zero-order valence-corrected chi connectivity index (χ0v) is 14.2. The van der Waals surface area contributed by atoms with Crippen LogP contribution in [0.5, 0.6) is 0 Å². The number of carbonyl (C=O) groups is 1. The molecule has 2 aromatic rings. The van der Waals surface area contributed by atoms with E-state index in [0.717, 1.165) is 14.7 Å². The number of nitrogens with zero attached hydrogens (tertiary/aromatic N) is 1. The molecule has 2 rings (SSSR count). The molecule has 21 heavy (non-hydrogen) atoms. The molecular weight excluding hydrogens is 375 g/mol. The predicted molar refractivity (Wildman–Crippen MR) is 94.5 cm³/mol. The largest absolute Gasteiger partial charge is 0.273 e. The van der Waals surface area contributed by atoms with Gasteiger partial charge in [0.1, 0.15) is 0 Å². The maximum Gasteiger partial charge on any atom is 0.244 e. The summed E-state index contributed by atoms with van der Waals surface area (Å²) in [6, 6.07) is 14.0. The fourth-order valence-corrected chi connectivity index (χ4v) is 2.47. The van der Waals surface area contributed by atoms with Gasteiger partial charge in [-0.2, -0.15) is 5.10 Å². The van der Waals surface area contributed by atoms with Crippen molar-refractivity contribution < 1.29 is 4.79 Å². The molecule has 2 aromatic carbocycles. The summed E-state index contributed by atoms with van der Waals surface area (Å²) in [5, 5.41) is 3.99. The minimum atomic E-state index is -0.111. The maximum absolute atomic E-state index is 11.8. The second-order valence-corrected chi connectivity index (χ2v) is 6.19. The Morgan fingerprint density at radius 2 is 2.00 bits per heavy atom. The van der Waals surface area contributed by atoms with Crippen LogP contribution >= 0.6 is 22.6 Å². The van der Waals surface area contributed by atoms with E-state index in [2.05, 4.69) is 40.0 Å². The quantitative estimate of drug-likeness (QED) is 0.482. The number of hydrogen-bond acceptors (Lipinski definition) is 2. The Labute approximate surface area is 138 Å². The van der Waals surface area contributed by atoms with Gasteiger partial charge in [0.25, 0.3) is 0 Å². The molecule has 108 valence electrons. The van der Waals surface area contributed by atoms with Crippen molar-refractivity contribution in [2.45, 2.75) is 20.3 Å². The highest BCUT2D eigenvalue weighted by atomic mass is 127. The van der Waals surface area contributed by atoms with Crippen molar-refractivity contribution in [1.29, 1.82) is 0 Å². The zero-order chi connectivity index (χ0) is 15.2. The fourth-order valence-electron chi connectivity index (χ4n) is 1.90. The second kappa shape index (κ2) is 7.36. The number of hydrogen-bond donors (Lipinski definition) is 1. The van der Waals surface area contributed by atoms with E-state index >= 15 is 0 Å². The van der Waals surface area contributed by atoms with Gasteiger partial charge in [0.2, 0.25) is 5.91 Å². The minimum absolute atomic E-state index is 0.111. The van der Waals surface area contributed by atoms with Gasteiger partial charge in [-0.3, -0.25) is 4.79 Å². The van der Waals surface area contributed by atoms with Crippen molar-refractivity contribution in [2.75, 3.05) is 0 Å². The molecule has 0 spiro atoms. The van der Waals surface area contributed by atoms with Gasteiger partial charge in [0.15, 0.2) is 0 Å². The average Bonchev–Trinajstić information content (AvgIpc) is 2.43. The molecule has 0 saturated carbocycles. The summed E-state index contributed by atoms with van der Waals surface area (Å²) in [6.07, 6.45) is 1.99. The van der Waals surface area contributed by atoms with Gasteiger partial charge in [0, 0.05) is 3.57 Å². The third kappa shape index (κ3) is 4.97. The Morgan fingerprint density at radius 1 is 1.19 bits per heavy atom. The maximum atomic E-state index is 11.8. The molecule has 0 heterocycles. The van der Waals surface area contributed by atoms with Crippen LogP contribution in [-0.2, 0) is 11.2 Å². The summed E-state index contributed by atoms with van der Waals surface area (Å²) in [7, 11) is 0. The van der Waals surface area contributed by atoms with Crippen molar-refractivity contribution in [1.82, 2.24) is 5.43 Å². The fraction of sp³-hybridized carbons (Fsp3) is 0.176. The van der Waals surface area contributed by atoms with Crippen molar-refractivity contribution in [3.8, 4) is 0 Å². The first-order valence-electron chi connectivity index (χ1n) is 6.68. The molecule has 0 atom stereocenters. The minimum Gasteiger partial charge on any atom is -0.273 e. The molecule has 0 radical (unpaired) electrons. The second-order valence-electron chi connectivity index (χ2n) is 4.94. The third-order valence-electron chi connectivity index (χ3n) is 3.19. The topological polar surface area (TPSA) is 41.5 Å². The van der Waals surface area contributed by atoms with Gasteiger partial charge in [-0.25, -0.2) is 5.43 Å². The van der Waals surface area contributed by atoms with Crippen LogP contribution in [0.1, 0.15) is 22.3 Å². The molecule has 4 heteroatoms. The SMILES string of the molecule is Cc1ccc(CC(=O)N/N=C\c2cccc(I)c2)cc1C. The first-order valence-corrected chi connectivity index (χ1v) is 7.76. The lowest BCUT2D eigenvalue weighted by atomic mass is 10.0. The van der Waals surface area contributed by atoms with Crippen LogP contribution in [-0.4, -0.2) is 12.1 Å². The Hall–Kier alpha value is -1.69. The Bertz CT molecular complexity index is 680. The van der Waals surface area contributed by atoms with E-state index in [4.69, 9.17) is 0 Å². The molecule has 0 bridgehead atoms. The van der Waals surface area contributed by atoms with E-state index in [-0.39, 0.29) is 5.91 Å². The van der Waals surface area contributed by atoms with Crippen LogP contribution in [0, 0.1) is 17.4 Å². The van der Waals surface area contributed by atoms with E-state index in [0.29, 0.717) is 6.42 Å². The van der Waals surface area contributed by atoms with Gasteiger partial charge in [-0.1, -0.05) is 30.3 Å². The number of amides is 1. The van der Waals surface area contributed by atoms with Crippen LogP contribution in [0.25, 0.3) is 0 Å². The molecule has 0 aliphatic rings. The number of rotatable bonds is 4. The lowest BCUT2D eigenvalue weighted by Gasteiger charge is -2.04. The van der Waals surface area contributed by atoms with Crippen LogP contribution < -0.4 is 5.43 Å². The molecule has 0 saturated heterocycles. The molecule has 0 aliphatic heterocycles. The number of benzene rings is 2. The molecule has 0 aromatic heterocycles. The van der Waals surface area contributed by atoms with E-state index in [1.807, 2.05) is 49.4 Å². The normalized spacial score (nSPS) is 10.8. The molecular formula is C17H17IN2O. The number of halogens is 1. The molecule has 3 nitrogen and oxygen atoms in total. The highest BCUT2D eigenvalue weighted by Crippen LogP contribution is 2.10. The van der Waals surface area contributed by atoms with E-state index < -0.39 is 0 Å². The van der Waals surface area contributed by atoms with Crippen LogP contribution in [0.2, 0.25) is 0 Å². The Balaban J connectivity index is 1.91. The van der Waals surface area contributed by atoms with Crippen LogP contribution in [0.15, 0.2) is 47.6 Å². The summed E-state index contributed by atoms with van der Waals surface area (Å²) in [5.41, 5.74) is 6.96. The average molecular weight is 392 g/mol. The molecule has 1 N–H and O–H groups in total. The van der Waals surface area contributed by atoms with Crippen LogP contribution in [0.3, 0.4) is 0 Å². The van der Waals surface area contributed by atoms with Crippen molar-refractivity contribution in [2.24, 2.45) is 5.10 Å². The van der Waals surface area contributed by atoms with E-state index in [9.17, 15) is 4.79 Å². The third-order valence-corrected chi connectivity index (χ3v) is 3.86. The lowest BCUT2D eigenvalue weighted by molar-refractivity contribution is -0.120. The van der Waals surface area contributed by atoms with E-state index in [1.165, 1.54) is 11.1 Å². The van der Waals surface area contributed by atoms with Gasteiger partial charge >= 0.3 is 0 Å². The predicted octanol–water partition coefficient (Wildman–Crippen LogP) is 3.60. The van der Waals surface area contributed by atoms with Gasteiger partial charge in [-0.15, -0.1) is 0 Å². The molecule has 0 unspecified atom stereocenters. The number of nitrogens with one attached hydrogen (secondary N) is 1. The number of hydrazone groups is 1. The summed E-state index contributed by atoms with van der Waals surface area (Å²) in [6.45, 7) is 4.11. The summed E-state index contributed by atoms with van der Waals surface area (Å²) in [5.74, 6) is -0.111. The smallest absolute Gasteiger partial charge is 0.244 e. The highest BCUT2D eigenvalue weighted by Gasteiger charge is 2.03. The molecule has 1 amide bonds. The summed E-state index contributed by atoms with van der Waals surface area (Å²) < 4.78 is 1.14. The van der Waals surface area contributed by atoms with Crippen molar-refractivity contribution in [3.63, 3.8) is 0 Å². The van der Waals surface area contributed by atoms with Gasteiger partial charge in [-0.05, 0) is 70.8 Å². The molecule has 0 aliphatic carbocycles. The lowest BCUT2D eigenvalue weighted by Crippen LogP contribution is -2.19. The number of carbonyl (C=O) groups excluding carboxylic acids is 1. The van der Waals surface area contributed by atoms with Gasteiger partial charge < -0.3 is 0 Å². The first kappa shape index (κ1) is 15.7. The van der Waals surface area contributed by atoms with Crippen molar-refractivity contribution >= 4 is 34.7 Å². The summed E-state index contributed by atoms with van der Waals surface area (Å²) in [4.78, 5) is 11.8. The first-order chi connectivity index (χ1) is 10.0. The number of aryl methyl sites for hydroxylation is 2. The summed E-state index contributed by atoms with van der Waals surface area (Å²) >= 11 is 2.24. The molecule has 0 fully saturated rings. The standard InChI is InChI=1S/C17H17IN2O/c1-12-6-7-14(8-13(12)2)10-17(21)20-19-11-15-4-3-5-16(18)9-15/h3-9,11H,10H2,1-2H3,(H,20,21)/b19-11-. The van der Waals surface area contributed by atoms with Crippen LogP contribution in [0.4, 0.5) is 0 Å². The Kier molecular flexibility index (Phi) is 5.50. The Morgan fingerprint density at radius 3 is 2.71 bits per heavy atom. The van der Waals surface area contributed by atoms with E-state index in [1.54, 1.807) is 6.21 Å². The monoisotopic (exact) mass is 392 g/mol. The highest BCUT2D eigenvalue weighted by molar-refractivity contribution is 14.1. The van der Waals surface area contributed by atoms with Gasteiger partial charge in [0.05, 0.1) is 12.6 Å².